The van der Waals surface area contributed by atoms with E-state index in [0.29, 0.717) is 17.9 Å². The highest BCUT2D eigenvalue weighted by molar-refractivity contribution is 5.94. The highest BCUT2D eigenvalue weighted by Gasteiger charge is 2.08. The molecule has 21 heavy (non-hydrogen) atoms. The largest absolute Gasteiger partial charge is 0.495 e. The van der Waals surface area contributed by atoms with Gasteiger partial charge in [-0.2, -0.15) is 0 Å². The first kappa shape index (κ1) is 14.9. The van der Waals surface area contributed by atoms with Crippen molar-refractivity contribution in [1.82, 2.24) is 0 Å². The van der Waals surface area contributed by atoms with Crippen molar-refractivity contribution in [3.05, 3.63) is 58.7 Å². The minimum Gasteiger partial charge on any atom is -0.495 e. The van der Waals surface area contributed by atoms with Crippen molar-refractivity contribution < 1.29 is 9.53 Å². The molecule has 0 fully saturated rings. The van der Waals surface area contributed by atoms with Crippen LogP contribution in [0.1, 0.15) is 27.0 Å². The number of carbonyl (C=O) groups is 1. The highest BCUT2D eigenvalue weighted by atomic mass is 16.5. The minimum atomic E-state index is -0.452. The lowest BCUT2D eigenvalue weighted by atomic mass is 10.1. The number of aryl methyl sites for hydroxylation is 2. The molecule has 0 heterocycles. The number of methoxy groups -OCH3 is 1. The first-order valence-electron chi connectivity index (χ1n) is 6.79. The number of hydrogen-bond acceptors (Lipinski definition) is 3. The molecular weight excluding hydrogens is 264 g/mol. The lowest BCUT2D eigenvalue weighted by molar-refractivity contribution is 0.100. The predicted molar refractivity (Wildman–Crippen MR) is 84.8 cm³/mol. The van der Waals surface area contributed by atoms with Crippen LogP contribution in [0.25, 0.3) is 0 Å². The number of carbonyl (C=O) groups excluding carboxylic acids is 1. The molecule has 2 aromatic rings. The Morgan fingerprint density at radius 2 is 1.95 bits per heavy atom. The number of nitrogens with one attached hydrogen (secondary N) is 1. The molecule has 1 amide bonds. The van der Waals surface area contributed by atoms with E-state index in [9.17, 15) is 4.79 Å². The van der Waals surface area contributed by atoms with Crippen LogP contribution in [0.5, 0.6) is 5.75 Å². The first-order valence-corrected chi connectivity index (χ1v) is 6.79. The van der Waals surface area contributed by atoms with E-state index in [-0.39, 0.29) is 0 Å². The zero-order valence-electron chi connectivity index (χ0n) is 12.6. The van der Waals surface area contributed by atoms with Crippen LogP contribution in [0.2, 0.25) is 0 Å². The Bertz CT molecular complexity index is 666. The van der Waals surface area contributed by atoms with E-state index in [1.165, 1.54) is 16.7 Å². The van der Waals surface area contributed by atoms with E-state index in [0.717, 1.165) is 5.69 Å². The van der Waals surface area contributed by atoms with Gasteiger partial charge in [0.15, 0.2) is 0 Å². The van der Waals surface area contributed by atoms with E-state index in [1.807, 2.05) is 0 Å². The molecule has 0 aliphatic heterocycles. The number of hydrogen-bond donors (Lipinski definition) is 2. The van der Waals surface area contributed by atoms with Gasteiger partial charge in [-0.15, -0.1) is 0 Å². The molecule has 2 rings (SSSR count). The van der Waals surface area contributed by atoms with E-state index < -0.39 is 5.91 Å². The normalized spacial score (nSPS) is 10.2. The SMILES string of the molecule is COc1ccc(C(N)=O)cc1NCc1ccc(C)cc1C. The van der Waals surface area contributed by atoms with Gasteiger partial charge in [0.2, 0.25) is 5.91 Å². The summed E-state index contributed by atoms with van der Waals surface area (Å²) in [6, 6.07) is 11.4. The van der Waals surface area contributed by atoms with Crippen molar-refractivity contribution in [3.8, 4) is 5.75 Å². The smallest absolute Gasteiger partial charge is 0.248 e. The van der Waals surface area contributed by atoms with Crippen molar-refractivity contribution >= 4 is 11.6 Å². The van der Waals surface area contributed by atoms with Crippen LogP contribution in [-0.2, 0) is 6.54 Å². The quantitative estimate of drug-likeness (QED) is 0.887. The van der Waals surface area contributed by atoms with E-state index >= 15 is 0 Å². The van der Waals surface area contributed by atoms with Crippen molar-refractivity contribution in [1.29, 1.82) is 0 Å². The van der Waals surface area contributed by atoms with Gasteiger partial charge in [0.05, 0.1) is 12.8 Å². The van der Waals surface area contributed by atoms with Gasteiger partial charge in [-0.25, -0.2) is 0 Å². The second-order valence-electron chi connectivity index (χ2n) is 5.06. The summed E-state index contributed by atoms with van der Waals surface area (Å²) in [6.07, 6.45) is 0. The Kier molecular flexibility index (Phi) is 4.48. The van der Waals surface area contributed by atoms with E-state index in [4.69, 9.17) is 10.5 Å². The molecule has 0 atom stereocenters. The Labute approximate surface area is 124 Å². The molecule has 0 aliphatic rings. The van der Waals surface area contributed by atoms with Crippen molar-refractivity contribution in [3.63, 3.8) is 0 Å². The predicted octanol–water partition coefficient (Wildman–Crippen LogP) is 3.02. The highest BCUT2D eigenvalue weighted by Crippen LogP contribution is 2.26. The maximum Gasteiger partial charge on any atom is 0.248 e. The molecule has 0 unspecified atom stereocenters. The summed E-state index contributed by atoms with van der Waals surface area (Å²) in [7, 11) is 1.60. The first-order chi connectivity index (χ1) is 10.0. The number of amides is 1. The van der Waals surface area contributed by atoms with Crippen molar-refractivity contribution in [2.45, 2.75) is 20.4 Å². The van der Waals surface area contributed by atoms with E-state index in [2.05, 4.69) is 37.4 Å². The van der Waals surface area contributed by atoms with Gasteiger partial charge < -0.3 is 15.8 Å². The third-order valence-electron chi connectivity index (χ3n) is 3.45. The Hall–Kier alpha value is -2.49. The molecule has 110 valence electrons. The van der Waals surface area contributed by atoms with Crippen molar-refractivity contribution in [2.24, 2.45) is 5.73 Å². The maximum absolute atomic E-state index is 11.3. The van der Waals surface area contributed by atoms with Gasteiger partial charge in [0.1, 0.15) is 5.75 Å². The summed E-state index contributed by atoms with van der Waals surface area (Å²) in [5.41, 5.74) is 10.2. The summed E-state index contributed by atoms with van der Waals surface area (Å²) in [5, 5.41) is 3.30. The molecule has 0 aromatic heterocycles. The fourth-order valence-electron chi connectivity index (χ4n) is 2.23. The third kappa shape index (κ3) is 3.54. The molecule has 4 nitrogen and oxygen atoms in total. The van der Waals surface area contributed by atoms with Crippen LogP contribution in [-0.4, -0.2) is 13.0 Å². The standard InChI is InChI=1S/C17H20N2O2/c1-11-4-5-14(12(2)8-11)10-19-15-9-13(17(18)20)6-7-16(15)21-3/h4-9,19H,10H2,1-3H3,(H2,18,20). The van der Waals surface area contributed by atoms with Gasteiger partial charge in [-0.3, -0.25) is 4.79 Å². The van der Waals surface area contributed by atoms with Crippen LogP contribution in [0, 0.1) is 13.8 Å². The Morgan fingerprint density at radius 3 is 2.57 bits per heavy atom. The zero-order chi connectivity index (χ0) is 15.4. The number of rotatable bonds is 5. The molecule has 0 spiro atoms. The molecule has 0 saturated heterocycles. The maximum atomic E-state index is 11.3. The molecule has 0 aliphatic carbocycles. The molecule has 2 aromatic carbocycles. The molecular formula is C17H20N2O2. The zero-order valence-corrected chi connectivity index (χ0v) is 12.6. The summed E-state index contributed by atoms with van der Waals surface area (Å²) in [6.45, 7) is 4.81. The second kappa shape index (κ2) is 6.31. The van der Waals surface area contributed by atoms with Gasteiger partial charge in [0, 0.05) is 12.1 Å². The molecule has 0 bridgehead atoms. The molecule has 0 saturated carbocycles. The number of ether oxygens (including phenoxy) is 1. The lowest BCUT2D eigenvalue weighted by Gasteiger charge is -2.13. The number of nitrogens with two attached hydrogens (primary N) is 1. The number of benzene rings is 2. The van der Waals surface area contributed by atoms with Gasteiger partial charge in [-0.05, 0) is 43.2 Å². The Morgan fingerprint density at radius 1 is 1.19 bits per heavy atom. The topological polar surface area (TPSA) is 64.3 Å². The van der Waals surface area contributed by atoms with Crippen LogP contribution < -0.4 is 15.8 Å². The Balaban J connectivity index is 2.22. The summed E-state index contributed by atoms with van der Waals surface area (Å²) in [5.74, 6) is 0.233. The van der Waals surface area contributed by atoms with Crippen LogP contribution >= 0.6 is 0 Å². The van der Waals surface area contributed by atoms with Gasteiger partial charge in [0.25, 0.3) is 0 Å². The summed E-state index contributed by atoms with van der Waals surface area (Å²) < 4.78 is 5.30. The molecule has 3 N–H and O–H groups in total. The molecule has 0 radical (unpaired) electrons. The summed E-state index contributed by atoms with van der Waals surface area (Å²) >= 11 is 0. The molecule has 4 heteroatoms. The number of primary amides is 1. The average molecular weight is 284 g/mol. The van der Waals surface area contributed by atoms with Crippen LogP contribution in [0.3, 0.4) is 0 Å². The fraction of sp³-hybridized carbons (Fsp3) is 0.235. The fourth-order valence-corrected chi connectivity index (χ4v) is 2.23. The van der Waals surface area contributed by atoms with Crippen molar-refractivity contribution in [2.75, 3.05) is 12.4 Å². The lowest BCUT2D eigenvalue weighted by Crippen LogP contribution is -2.12. The van der Waals surface area contributed by atoms with Gasteiger partial charge in [-0.1, -0.05) is 23.8 Å². The average Bonchev–Trinajstić information content (AvgIpc) is 2.46. The monoisotopic (exact) mass is 284 g/mol. The summed E-state index contributed by atoms with van der Waals surface area (Å²) in [4.78, 5) is 11.3. The third-order valence-corrected chi connectivity index (χ3v) is 3.45. The van der Waals surface area contributed by atoms with Crippen LogP contribution in [0.4, 0.5) is 5.69 Å². The number of anilines is 1. The van der Waals surface area contributed by atoms with E-state index in [1.54, 1.807) is 25.3 Å². The second-order valence-corrected chi connectivity index (χ2v) is 5.06. The minimum absolute atomic E-state index is 0.452. The van der Waals surface area contributed by atoms with Gasteiger partial charge >= 0.3 is 0 Å². The van der Waals surface area contributed by atoms with Crippen LogP contribution in [0.15, 0.2) is 36.4 Å².